The standard InChI is InChI=1S/C10H10N2OS.C4H5NO2/c1-6-9(10(11)13)7-4-2-3-5-8(7)14-12-6;1-3-4(6)2-7-5-3/h2-5,12H,1H3,(H2,11,13);2,6H,1H3. The lowest BCUT2D eigenvalue weighted by Gasteiger charge is -2.19. The number of carbonyl (C=O) groups is 1. The Kier molecular flexibility index (Phi) is 4.54. The Bertz CT molecular complexity index is 678. The van der Waals surface area contributed by atoms with Gasteiger partial charge in [0.05, 0.1) is 5.57 Å². The van der Waals surface area contributed by atoms with Crippen LogP contribution < -0.4 is 10.5 Å². The molecule has 0 saturated heterocycles. The van der Waals surface area contributed by atoms with Crippen molar-refractivity contribution in [2.75, 3.05) is 0 Å². The van der Waals surface area contributed by atoms with Gasteiger partial charge in [0, 0.05) is 16.2 Å². The molecule has 1 aromatic carbocycles. The summed E-state index contributed by atoms with van der Waals surface area (Å²) in [6.07, 6.45) is 1.19. The Morgan fingerprint density at radius 2 is 2.10 bits per heavy atom. The van der Waals surface area contributed by atoms with Crippen molar-refractivity contribution in [1.82, 2.24) is 9.88 Å². The molecule has 1 aromatic heterocycles. The summed E-state index contributed by atoms with van der Waals surface area (Å²) < 4.78 is 7.41. The van der Waals surface area contributed by atoms with E-state index in [-0.39, 0.29) is 11.7 Å². The van der Waals surface area contributed by atoms with Crippen molar-refractivity contribution in [3.8, 4) is 5.75 Å². The Morgan fingerprint density at radius 1 is 1.38 bits per heavy atom. The zero-order valence-electron chi connectivity index (χ0n) is 11.6. The second kappa shape index (κ2) is 6.36. The number of amides is 1. The van der Waals surface area contributed by atoms with Crippen LogP contribution in [0, 0.1) is 6.92 Å². The first-order valence-corrected chi connectivity index (χ1v) is 6.95. The minimum atomic E-state index is -0.386. The van der Waals surface area contributed by atoms with E-state index in [1.807, 2.05) is 31.2 Å². The number of nitrogens with one attached hydrogen (secondary N) is 1. The summed E-state index contributed by atoms with van der Waals surface area (Å²) in [6, 6.07) is 7.71. The van der Waals surface area contributed by atoms with Gasteiger partial charge < -0.3 is 20.1 Å². The van der Waals surface area contributed by atoms with Gasteiger partial charge in [-0.1, -0.05) is 23.4 Å². The van der Waals surface area contributed by atoms with E-state index in [0.29, 0.717) is 11.3 Å². The van der Waals surface area contributed by atoms with Gasteiger partial charge in [-0.15, -0.1) is 0 Å². The third-order valence-electron chi connectivity index (χ3n) is 2.82. The molecule has 6 nitrogen and oxygen atoms in total. The number of rotatable bonds is 1. The number of hydrogen-bond donors (Lipinski definition) is 3. The summed E-state index contributed by atoms with van der Waals surface area (Å²) >= 11 is 1.50. The summed E-state index contributed by atoms with van der Waals surface area (Å²) in [6.45, 7) is 3.52. The number of nitrogens with zero attached hydrogens (tertiary/aromatic N) is 1. The maximum absolute atomic E-state index is 11.2. The van der Waals surface area contributed by atoms with E-state index in [9.17, 15) is 4.79 Å². The maximum Gasteiger partial charge on any atom is 0.251 e. The first-order valence-electron chi connectivity index (χ1n) is 6.13. The monoisotopic (exact) mass is 305 g/mol. The highest BCUT2D eigenvalue weighted by molar-refractivity contribution is 7.97. The van der Waals surface area contributed by atoms with Crippen molar-refractivity contribution < 1.29 is 14.4 Å². The lowest BCUT2D eigenvalue weighted by atomic mass is 10.0. The molecule has 1 aliphatic heterocycles. The van der Waals surface area contributed by atoms with Crippen LogP contribution in [0.2, 0.25) is 0 Å². The number of allylic oxidation sites excluding steroid dienone is 1. The molecule has 2 aromatic rings. The fourth-order valence-corrected chi connectivity index (χ4v) is 2.54. The van der Waals surface area contributed by atoms with Gasteiger partial charge in [0.2, 0.25) is 0 Å². The normalized spacial score (nSPS) is 12.9. The zero-order valence-corrected chi connectivity index (χ0v) is 12.4. The van der Waals surface area contributed by atoms with E-state index in [0.717, 1.165) is 16.2 Å². The van der Waals surface area contributed by atoms with Gasteiger partial charge in [-0.25, -0.2) is 0 Å². The highest BCUT2D eigenvalue weighted by Crippen LogP contribution is 2.33. The molecule has 3 rings (SSSR count). The highest BCUT2D eigenvalue weighted by atomic mass is 32.2. The quantitative estimate of drug-likeness (QED) is 0.698. The Hall–Kier alpha value is -2.41. The van der Waals surface area contributed by atoms with E-state index in [1.165, 1.54) is 18.2 Å². The van der Waals surface area contributed by atoms with Crippen LogP contribution in [0.4, 0.5) is 0 Å². The smallest absolute Gasteiger partial charge is 0.251 e. The van der Waals surface area contributed by atoms with Gasteiger partial charge in [0.1, 0.15) is 5.69 Å². The number of hydrogen-bond acceptors (Lipinski definition) is 6. The largest absolute Gasteiger partial charge is 0.503 e. The van der Waals surface area contributed by atoms with Crippen molar-refractivity contribution in [3.63, 3.8) is 0 Å². The highest BCUT2D eigenvalue weighted by Gasteiger charge is 2.20. The summed E-state index contributed by atoms with van der Waals surface area (Å²) in [5, 5.41) is 12.0. The Labute approximate surface area is 126 Å². The number of carbonyl (C=O) groups excluding carboxylic acids is 1. The number of fused-ring (bicyclic) bond motifs is 1. The van der Waals surface area contributed by atoms with Crippen molar-refractivity contribution >= 4 is 23.4 Å². The number of aromatic nitrogens is 1. The molecule has 0 unspecified atom stereocenters. The van der Waals surface area contributed by atoms with E-state index in [1.54, 1.807) is 6.92 Å². The van der Waals surface area contributed by atoms with E-state index in [2.05, 4.69) is 14.4 Å². The molecule has 0 atom stereocenters. The predicted octanol–water partition coefficient (Wildman–Crippen LogP) is 2.20. The molecule has 0 radical (unpaired) electrons. The summed E-state index contributed by atoms with van der Waals surface area (Å²) in [7, 11) is 0. The van der Waals surface area contributed by atoms with Gasteiger partial charge in [-0.05, 0) is 31.9 Å². The summed E-state index contributed by atoms with van der Waals surface area (Å²) in [4.78, 5) is 12.3. The maximum atomic E-state index is 11.2. The average molecular weight is 305 g/mol. The van der Waals surface area contributed by atoms with Crippen LogP contribution in [0.15, 0.2) is 45.6 Å². The molecule has 0 bridgehead atoms. The van der Waals surface area contributed by atoms with E-state index in [4.69, 9.17) is 10.8 Å². The fraction of sp³-hybridized carbons (Fsp3) is 0.143. The van der Waals surface area contributed by atoms with Gasteiger partial charge >= 0.3 is 0 Å². The molecule has 1 aliphatic rings. The third kappa shape index (κ3) is 3.38. The van der Waals surface area contributed by atoms with Crippen LogP contribution in [-0.2, 0) is 4.79 Å². The number of nitrogens with two attached hydrogens (primary N) is 1. The second-order valence-corrected chi connectivity index (χ2v) is 5.20. The van der Waals surface area contributed by atoms with Crippen molar-refractivity contribution in [2.45, 2.75) is 18.7 Å². The first kappa shape index (κ1) is 15.0. The topological polar surface area (TPSA) is 101 Å². The van der Waals surface area contributed by atoms with E-state index >= 15 is 0 Å². The zero-order chi connectivity index (χ0) is 15.4. The van der Waals surface area contributed by atoms with E-state index < -0.39 is 0 Å². The van der Waals surface area contributed by atoms with Crippen LogP contribution in [0.25, 0.3) is 5.57 Å². The van der Waals surface area contributed by atoms with Crippen molar-refractivity contribution in [3.05, 3.63) is 47.5 Å². The molecule has 110 valence electrons. The third-order valence-corrected chi connectivity index (χ3v) is 3.80. The number of primary amides is 1. The van der Waals surface area contributed by atoms with Gasteiger partial charge in [-0.2, -0.15) is 0 Å². The van der Waals surface area contributed by atoms with Crippen LogP contribution in [0.1, 0.15) is 18.2 Å². The SMILES string of the molecule is CC1=C(C(N)=O)c2ccccc2SN1.Cc1nocc1O. The van der Waals surface area contributed by atoms with Crippen LogP contribution in [0.3, 0.4) is 0 Å². The Balaban J connectivity index is 0.000000194. The minimum absolute atomic E-state index is 0.111. The molecule has 2 heterocycles. The van der Waals surface area contributed by atoms with Crippen LogP contribution in [0.5, 0.6) is 5.75 Å². The predicted molar refractivity (Wildman–Crippen MR) is 80.1 cm³/mol. The molecule has 0 aliphatic carbocycles. The number of aromatic hydroxyl groups is 1. The van der Waals surface area contributed by atoms with Crippen molar-refractivity contribution in [1.29, 1.82) is 0 Å². The first-order chi connectivity index (χ1) is 10.0. The molecule has 7 heteroatoms. The molecule has 4 N–H and O–H groups in total. The lowest BCUT2D eigenvalue weighted by Crippen LogP contribution is -2.21. The van der Waals surface area contributed by atoms with Crippen molar-refractivity contribution in [2.24, 2.45) is 5.73 Å². The van der Waals surface area contributed by atoms with Crippen LogP contribution in [-0.4, -0.2) is 16.2 Å². The molecule has 21 heavy (non-hydrogen) atoms. The minimum Gasteiger partial charge on any atom is -0.503 e. The molecule has 0 fully saturated rings. The number of aryl methyl sites for hydroxylation is 1. The average Bonchev–Trinajstić information content (AvgIpc) is 2.83. The molecular formula is C14H15N3O3S. The fourth-order valence-electron chi connectivity index (χ4n) is 1.75. The molecule has 1 amide bonds. The second-order valence-electron chi connectivity index (χ2n) is 4.35. The molecular weight excluding hydrogens is 290 g/mol. The van der Waals surface area contributed by atoms with Crippen LogP contribution >= 0.6 is 11.9 Å². The molecule has 0 spiro atoms. The van der Waals surface area contributed by atoms with Gasteiger partial charge in [0.15, 0.2) is 12.0 Å². The molecule has 0 saturated carbocycles. The Morgan fingerprint density at radius 3 is 2.62 bits per heavy atom. The van der Waals surface area contributed by atoms with Gasteiger partial charge in [-0.3, -0.25) is 4.79 Å². The summed E-state index contributed by atoms with van der Waals surface area (Å²) in [5.74, 6) is -0.275. The lowest BCUT2D eigenvalue weighted by molar-refractivity contribution is -0.112. The summed E-state index contributed by atoms with van der Waals surface area (Å²) in [5.41, 5.74) is 8.18. The number of benzene rings is 1. The van der Waals surface area contributed by atoms with Gasteiger partial charge in [0.25, 0.3) is 5.91 Å².